The molecule has 2 heterocycles. The van der Waals surface area contributed by atoms with Crippen LogP contribution in [-0.4, -0.2) is 14.1 Å². The molecule has 158 valence electrons. The highest BCUT2D eigenvalue weighted by molar-refractivity contribution is 6.31. The minimum Gasteiger partial charge on any atom is -0.328 e. The number of para-hydroxylation sites is 1. The first-order valence-electron chi connectivity index (χ1n) is 10.8. The lowest BCUT2D eigenvalue weighted by Crippen LogP contribution is -2.31. The number of rotatable bonds is 2. The number of hydrogen-bond donors (Lipinski definition) is 0. The molecule has 1 fully saturated rings. The number of aromatic nitrogens is 3. The third kappa shape index (κ3) is 3.19. The van der Waals surface area contributed by atoms with E-state index < -0.39 is 0 Å². The van der Waals surface area contributed by atoms with Gasteiger partial charge in [0.1, 0.15) is 11.2 Å². The Morgan fingerprint density at radius 3 is 2.52 bits per heavy atom. The van der Waals surface area contributed by atoms with Gasteiger partial charge in [0, 0.05) is 23.4 Å². The van der Waals surface area contributed by atoms with Crippen molar-refractivity contribution in [3.8, 4) is 5.69 Å². The van der Waals surface area contributed by atoms with Crippen molar-refractivity contribution in [1.82, 2.24) is 14.1 Å². The van der Waals surface area contributed by atoms with Crippen molar-refractivity contribution in [3.05, 3.63) is 79.5 Å². The summed E-state index contributed by atoms with van der Waals surface area (Å²) in [6, 6.07) is 12.9. The van der Waals surface area contributed by atoms with Gasteiger partial charge in [0.05, 0.1) is 11.2 Å². The highest BCUT2D eigenvalue weighted by Crippen LogP contribution is 2.33. The molecule has 0 saturated heterocycles. The van der Waals surface area contributed by atoms with E-state index in [-0.39, 0.29) is 22.3 Å². The fourth-order valence-electron chi connectivity index (χ4n) is 4.78. The number of benzene rings is 2. The third-order valence-corrected chi connectivity index (χ3v) is 6.94. The topological polar surface area (TPSA) is 56.9 Å². The van der Waals surface area contributed by atoms with Crippen molar-refractivity contribution >= 4 is 33.5 Å². The van der Waals surface area contributed by atoms with Crippen molar-refractivity contribution in [2.24, 2.45) is 7.05 Å². The average Bonchev–Trinajstić information content (AvgIpc) is 2.79. The summed E-state index contributed by atoms with van der Waals surface area (Å²) in [5, 5.41) is 1.23. The number of hydrogen-bond acceptors (Lipinski definition) is 3. The van der Waals surface area contributed by atoms with E-state index in [9.17, 15) is 9.59 Å². The molecule has 4 aromatic rings. The normalized spacial score (nSPS) is 15.1. The standard InChI is InChI=1S/C25H24ClN3O2/c1-15-12-13-17(14-19(15)26)29-23(16-8-4-3-5-9-16)27-24-21(25(29)31)22(30)18-10-6-7-11-20(18)28(24)2/h6-7,10-14,16H,3-5,8-9H2,1-2H3. The van der Waals surface area contributed by atoms with Gasteiger partial charge >= 0.3 is 0 Å². The van der Waals surface area contributed by atoms with Crippen LogP contribution in [0.3, 0.4) is 0 Å². The minimum absolute atomic E-state index is 0.123. The van der Waals surface area contributed by atoms with E-state index >= 15 is 0 Å². The molecule has 1 aliphatic rings. The fourth-order valence-corrected chi connectivity index (χ4v) is 4.95. The zero-order valence-corrected chi connectivity index (χ0v) is 18.4. The average molecular weight is 434 g/mol. The Kier molecular flexibility index (Phi) is 4.94. The van der Waals surface area contributed by atoms with Crippen molar-refractivity contribution < 1.29 is 0 Å². The Hall–Kier alpha value is -2.92. The predicted molar refractivity (Wildman–Crippen MR) is 126 cm³/mol. The molecule has 6 heteroatoms. The molecule has 0 amide bonds. The van der Waals surface area contributed by atoms with Crippen LogP contribution in [0.5, 0.6) is 0 Å². The van der Waals surface area contributed by atoms with Crippen LogP contribution in [-0.2, 0) is 7.05 Å². The summed E-state index contributed by atoms with van der Waals surface area (Å²) in [5.74, 6) is 0.898. The second-order valence-electron chi connectivity index (χ2n) is 8.48. The minimum atomic E-state index is -0.322. The van der Waals surface area contributed by atoms with Crippen LogP contribution in [0.2, 0.25) is 5.02 Å². The molecule has 1 aliphatic carbocycles. The zero-order valence-electron chi connectivity index (χ0n) is 17.7. The van der Waals surface area contributed by atoms with Crippen LogP contribution >= 0.6 is 11.6 Å². The Bertz CT molecular complexity index is 1450. The molecule has 1 saturated carbocycles. The maximum Gasteiger partial charge on any atom is 0.271 e. The van der Waals surface area contributed by atoms with Gasteiger partial charge in [-0.3, -0.25) is 14.2 Å². The second kappa shape index (κ2) is 7.65. The molecule has 0 atom stereocenters. The van der Waals surface area contributed by atoms with Gasteiger partial charge in [-0.25, -0.2) is 4.98 Å². The highest BCUT2D eigenvalue weighted by Gasteiger charge is 2.25. The van der Waals surface area contributed by atoms with E-state index in [1.807, 2.05) is 48.9 Å². The molecule has 0 N–H and O–H groups in total. The molecule has 5 rings (SSSR count). The zero-order chi connectivity index (χ0) is 21.7. The van der Waals surface area contributed by atoms with Crippen molar-refractivity contribution in [2.75, 3.05) is 0 Å². The van der Waals surface area contributed by atoms with Crippen molar-refractivity contribution in [3.63, 3.8) is 0 Å². The van der Waals surface area contributed by atoms with Gasteiger partial charge in [0.15, 0.2) is 5.65 Å². The third-order valence-electron chi connectivity index (χ3n) is 6.53. The lowest BCUT2D eigenvalue weighted by molar-refractivity contribution is 0.422. The Morgan fingerprint density at radius 2 is 1.77 bits per heavy atom. The van der Waals surface area contributed by atoms with E-state index in [4.69, 9.17) is 16.6 Å². The molecular weight excluding hydrogens is 410 g/mol. The first-order chi connectivity index (χ1) is 15.0. The van der Waals surface area contributed by atoms with E-state index in [0.29, 0.717) is 21.7 Å². The smallest absolute Gasteiger partial charge is 0.271 e. The van der Waals surface area contributed by atoms with Gasteiger partial charge in [-0.05, 0) is 49.6 Å². The predicted octanol–water partition coefficient (Wildman–Crippen LogP) is 5.25. The molecule has 0 bridgehead atoms. The molecule has 0 aliphatic heterocycles. The van der Waals surface area contributed by atoms with Crippen LogP contribution in [0.1, 0.15) is 49.4 Å². The van der Waals surface area contributed by atoms with Gasteiger partial charge in [0.2, 0.25) is 5.43 Å². The summed E-state index contributed by atoms with van der Waals surface area (Å²) in [7, 11) is 1.87. The van der Waals surface area contributed by atoms with Crippen molar-refractivity contribution in [1.29, 1.82) is 0 Å². The largest absolute Gasteiger partial charge is 0.328 e. The molecule has 0 radical (unpaired) electrons. The summed E-state index contributed by atoms with van der Waals surface area (Å²) in [6.07, 6.45) is 5.40. The van der Waals surface area contributed by atoms with Crippen LogP contribution < -0.4 is 11.0 Å². The first kappa shape index (κ1) is 20.0. The molecular formula is C25H24ClN3O2. The number of fused-ring (bicyclic) bond motifs is 2. The van der Waals surface area contributed by atoms with Gasteiger partial charge in [-0.1, -0.05) is 49.1 Å². The van der Waals surface area contributed by atoms with Crippen LogP contribution in [0.15, 0.2) is 52.1 Å². The molecule has 31 heavy (non-hydrogen) atoms. The van der Waals surface area contributed by atoms with Crippen molar-refractivity contribution in [2.45, 2.75) is 44.9 Å². The first-order valence-corrected chi connectivity index (χ1v) is 11.2. The van der Waals surface area contributed by atoms with E-state index in [1.54, 1.807) is 16.7 Å². The summed E-state index contributed by atoms with van der Waals surface area (Å²) in [6.45, 7) is 1.93. The fraction of sp³-hybridized carbons (Fsp3) is 0.320. The lowest BCUT2D eigenvalue weighted by atomic mass is 9.88. The molecule has 2 aromatic heterocycles. The molecule has 0 spiro atoms. The maximum absolute atomic E-state index is 13.9. The Morgan fingerprint density at radius 1 is 1.03 bits per heavy atom. The second-order valence-corrected chi connectivity index (χ2v) is 8.89. The number of nitrogens with zero attached hydrogens (tertiary/aromatic N) is 3. The summed E-state index contributed by atoms with van der Waals surface area (Å²) in [4.78, 5) is 32.2. The quantitative estimate of drug-likeness (QED) is 0.406. The van der Waals surface area contributed by atoms with Crippen LogP contribution in [0.25, 0.3) is 27.6 Å². The number of halogens is 1. The Balaban J connectivity index is 1.93. The highest BCUT2D eigenvalue weighted by atomic mass is 35.5. The maximum atomic E-state index is 13.9. The van der Waals surface area contributed by atoms with Crippen LogP contribution in [0.4, 0.5) is 0 Å². The van der Waals surface area contributed by atoms with Crippen LogP contribution in [0, 0.1) is 6.92 Å². The monoisotopic (exact) mass is 433 g/mol. The van der Waals surface area contributed by atoms with E-state index in [1.165, 1.54) is 6.42 Å². The molecule has 2 aromatic carbocycles. The van der Waals surface area contributed by atoms with Gasteiger partial charge in [0.25, 0.3) is 5.56 Å². The number of pyridine rings is 1. The van der Waals surface area contributed by atoms with E-state index in [0.717, 1.165) is 42.6 Å². The summed E-state index contributed by atoms with van der Waals surface area (Å²) >= 11 is 6.41. The Labute approximate surface area is 184 Å². The van der Waals surface area contributed by atoms with E-state index in [2.05, 4.69) is 0 Å². The van der Waals surface area contributed by atoms with Gasteiger partial charge in [-0.15, -0.1) is 0 Å². The van der Waals surface area contributed by atoms with Gasteiger partial charge in [-0.2, -0.15) is 0 Å². The SMILES string of the molecule is Cc1ccc(-n2c(C3CCCCC3)nc3c(c(=O)c4ccccc4n3C)c2=O)cc1Cl. The van der Waals surface area contributed by atoms with Gasteiger partial charge < -0.3 is 4.57 Å². The number of aryl methyl sites for hydroxylation is 2. The molecule has 5 nitrogen and oxygen atoms in total. The summed E-state index contributed by atoms with van der Waals surface area (Å²) in [5.41, 5.74) is 2.22. The lowest BCUT2D eigenvalue weighted by Gasteiger charge is -2.25. The summed E-state index contributed by atoms with van der Waals surface area (Å²) < 4.78 is 3.49. The molecule has 0 unspecified atom stereocenters.